The summed E-state index contributed by atoms with van der Waals surface area (Å²) in [5.74, 6) is 0. The molecule has 0 fully saturated rings. The topological polar surface area (TPSA) is 66.1 Å². The molecule has 1 aliphatic heterocycles. The van der Waals surface area contributed by atoms with Crippen molar-refractivity contribution in [1.82, 2.24) is 14.5 Å². The lowest BCUT2D eigenvalue weighted by molar-refractivity contribution is 0.484. The Morgan fingerprint density at radius 3 is 2.62 bits per heavy atom. The summed E-state index contributed by atoms with van der Waals surface area (Å²) in [6, 6.07) is 1.45. The molecule has 1 aromatic heterocycles. The highest BCUT2D eigenvalue weighted by Crippen LogP contribution is 2.14. The Hall–Kier alpha value is -1.14. The van der Waals surface area contributed by atoms with Crippen molar-refractivity contribution in [1.29, 1.82) is 0 Å². The molecule has 6 heteroatoms. The smallest absolute Gasteiger partial charge is 0.260 e. The Labute approximate surface area is 76.1 Å². The second-order valence-corrected chi connectivity index (χ2v) is 4.62. The van der Waals surface area contributed by atoms with Crippen LogP contribution in [0.15, 0.2) is 29.4 Å². The summed E-state index contributed by atoms with van der Waals surface area (Å²) < 4.78 is 24.8. The van der Waals surface area contributed by atoms with E-state index in [2.05, 4.69) is 10.2 Å². The van der Waals surface area contributed by atoms with Crippen molar-refractivity contribution in [2.75, 3.05) is 13.1 Å². The molecule has 70 valence electrons. The molecule has 1 N–H and O–H groups in total. The number of sulfonamides is 1. The highest BCUT2D eigenvalue weighted by atomic mass is 32.2. The van der Waals surface area contributed by atoms with Crippen LogP contribution in [0.1, 0.15) is 0 Å². The maximum atomic E-state index is 11.7. The van der Waals surface area contributed by atoms with Gasteiger partial charge in [-0.15, -0.1) is 0 Å². The van der Waals surface area contributed by atoms with Crippen LogP contribution in [-0.4, -0.2) is 36.0 Å². The maximum Gasteiger partial charge on any atom is 0.260 e. The summed E-state index contributed by atoms with van der Waals surface area (Å²) in [6.45, 7) is 0.892. The molecule has 0 bridgehead atoms. The summed E-state index contributed by atoms with van der Waals surface area (Å²) in [4.78, 5) is 0. The first-order chi connectivity index (χ1) is 6.21. The van der Waals surface area contributed by atoms with Crippen LogP contribution < -0.4 is 0 Å². The zero-order chi connectivity index (χ0) is 9.31. The molecule has 1 aliphatic rings. The number of hydrogen-bond donors (Lipinski definition) is 1. The van der Waals surface area contributed by atoms with Gasteiger partial charge in [0.1, 0.15) is 0 Å². The van der Waals surface area contributed by atoms with Gasteiger partial charge in [-0.3, -0.25) is 5.10 Å². The van der Waals surface area contributed by atoms with Crippen molar-refractivity contribution < 1.29 is 8.42 Å². The average molecular weight is 199 g/mol. The van der Waals surface area contributed by atoms with Crippen LogP contribution in [0.3, 0.4) is 0 Å². The van der Waals surface area contributed by atoms with Crippen LogP contribution >= 0.6 is 0 Å². The minimum atomic E-state index is -3.34. The van der Waals surface area contributed by atoms with Gasteiger partial charge in [-0.05, 0) is 6.07 Å². The van der Waals surface area contributed by atoms with Gasteiger partial charge in [-0.1, -0.05) is 12.2 Å². The van der Waals surface area contributed by atoms with Gasteiger partial charge < -0.3 is 0 Å². The molecule has 0 aromatic carbocycles. The predicted octanol–water partition coefficient (Wildman–Crippen LogP) is -0.0298. The molecule has 0 atom stereocenters. The lowest BCUT2D eigenvalue weighted by atomic mass is 10.6. The largest absolute Gasteiger partial charge is 0.266 e. The lowest BCUT2D eigenvalue weighted by Crippen LogP contribution is -2.28. The van der Waals surface area contributed by atoms with Crippen molar-refractivity contribution >= 4 is 10.0 Å². The Balaban J connectivity index is 2.32. The molecule has 2 rings (SSSR count). The quantitative estimate of drug-likeness (QED) is 0.680. The highest BCUT2D eigenvalue weighted by Gasteiger charge is 2.25. The normalized spacial score (nSPS) is 18.2. The highest BCUT2D eigenvalue weighted by molar-refractivity contribution is 7.89. The van der Waals surface area contributed by atoms with E-state index in [1.54, 1.807) is 0 Å². The number of aromatic amines is 1. The minimum Gasteiger partial charge on any atom is -0.266 e. The second kappa shape index (κ2) is 2.97. The van der Waals surface area contributed by atoms with Crippen molar-refractivity contribution in [2.24, 2.45) is 0 Å². The molecule has 0 saturated carbocycles. The number of aromatic nitrogens is 2. The Morgan fingerprint density at radius 1 is 1.38 bits per heavy atom. The van der Waals surface area contributed by atoms with Gasteiger partial charge in [0.15, 0.2) is 5.03 Å². The number of H-pyrrole nitrogens is 1. The number of nitrogens with zero attached hydrogens (tertiary/aromatic N) is 2. The molecule has 0 unspecified atom stereocenters. The van der Waals surface area contributed by atoms with Gasteiger partial charge in [0.25, 0.3) is 10.0 Å². The van der Waals surface area contributed by atoms with E-state index in [1.165, 1.54) is 16.6 Å². The van der Waals surface area contributed by atoms with Crippen LogP contribution in [0.2, 0.25) is 0 Å². The van der Waals surface area contributed by atoms with E-state index in [9.17, 15) is 8.42 Å². The maximum absolute atomic E-state index is 11.7. The van der Waals surface area contributed by atoms with Crippen molar-refractivity contribution in [3.63, 3.8) is 0 Å². The monoisotopic (exact) mass is 199 g/mol. The zero-order valence-corrected chi connectivity index (χ0v) is 7.66. The molecular formula is C7H9N3O2S. The third-order valence-corrected chi connectivity index (χ3v) is 3.64. The summed E-state index contributed by atoms with van der Waals surface area (Å²) >= 11 is 0. The third kappa shape index (κ3) is 1.38. The first-order valence-electron chi connectivity index (χ1n) is 3.86. The molecule has 5 nitrogen and oxygen atoms in total. The van der Waals surface area contributed by atoms with Crippen molar-refractivity contribution in [2.45, 2.75) is 5.03 Å². The van der Waals surface area contributed by atoms with Crippen LogP contribution in [0, 0.1) is 0 Å². The predicted molar refractivity (Wildman–Crippen MR) is 46.5 cm³/mol. The van der Waals surface area contributed by atoms with Gasteiger partial charge >= 0.3 is 0 Å². The molecule has 0 radical (unpaired) electrons. The Morgan fingerprint density at radius 2 is 2.08 bits per heavy atom. The van der Waals surface area contributed by atoms with Crippen LogP contribution in [0.25, 0.3) is 0 Å². The van der Waals surface area contributed by atoms with E-state index < -0.39 is 10.0 Å². The zero-order valence-electron chi connectivity index (χ0n) is 6.84. The minimum absolute atomic E-state index is 0.149. The summed E-state index contributed by atoms with van der Waals surface area (Å²) in [7, 11) is -3.34. The molecule has 2 heterocycles. The van der Waals surface area contributed by atoms with E-state index in [0.29, 0.717) is 13.1 Å². The fourth-order valence-corrected chi connectivity index (χ4v) is 2.42. The lowest BCUT2D eigenvalue weighted by Gasteiger charge is -2.13. The van der Waals surface area contributed by atoms with E-state index >= 15 is 0 Å². The van der Waals surface area contributed by atoms with Crippen LogP contribution in [-0.2, 0) is 10.0 Å². The molecule has 0 spiro atoms. The van der Waals surface area contributed by atoms with Crippen molar-refractivity contribution in [3.8, 4) is 0 Å². The Kier molecular flexibility index (Phi) is 1.93. The Bertz CT molecular complexity index is 399. The van der Waals surface area contributed by atoms with E-state index in [1.807, 2.05) is 12.2 Å². The van der Waals surface area contributed by atoms with E-state index in [-0.39, 0.29) is 5.03 Å². The van der Waals surface area contributed by atoms with Crippen molar-refractivity contribution in [3.05, 3.63) is 24.4 Å². The average Bonchev–Trinajstić information content (AvgIpc) is 2.78. The van der Waals surface area contributed by atoms with Gasteiger partial charge in [0.2, 0.25) is 0 Å². The van der Waals surface area contributed by atoms with E-state index in [4.69, 9.17) is 0 Å². The van der Waals surface area contributed by atoms with Gasteiger partial charge in [0, 0.05) is 13.1 Å². The molecule has 0 aliphatic carbocycles. The molecule has 13 heavy (non-hydrogen) atoms. The van der Waals surface area contributed by atoms with Gasteiger partial charge in [0.05, 0.1) is 6.20 Å². The molecular weight excluding hydrogens is 190 g/mol. The standard InChI is InChI=1S/C7H9N3O2S/c11-13(12,7-3-4-8-9-7)10-5-1-2-6-10/h1-4H,5-6H2,(H,8,9). The fraction of sp³-hybridized carbons (Fsp3) is 0.286. The number of nitrogens with one attached hydrogen (secondary N) is 1. The summed E-state index contributed by atoms with van der Waals surface area (Å²) in [6.07, 6.45) is 5.08. The van der Waals surface area contributed by atoms with E-state index in [0.717, 1.165) is 0 Å². The van der Waals surface area contributed by atoms with Crippen LogP contribution in [0.4, 0.5) is 0 Å². The van der Waals surface area contributed by atoms with Crippen LogP contribution in [0.5, 0.6) is 0 Å². The number of rotatable bonds is 2. The first kappa shape index (κ1) is 8.46. The van der Waals surface area contributed by atoms with Gasteiger partial charge in [-0.2, -0.15) is 9.40 Å². The fourth-order valence-electron chi connectivity index (χ4n) is 1.18. The number of hydrogen-bond acceptors (Lipinski definition) is 3. The first-order valence-corrected chi connectivity index (χ1v) is 5.30. The third-order valence-electron chi connectivity index (χ3n) is 1.88. The summed E-state index contributed by atoms with van der Waals surface area (Å²) in [5, 5.41) is 6.20. The molecule has 1 aromatic rings. The molecule has 0 saturated heterocycles. The summed E-state index contributed by atoms with van der Waals surface area (Å²) in [5.41, 5.74) is 0. The second-order valence-electron chi connectivity index (χ2n) is 2.71. The SMILES string of the molecule is O=S(=O)(c1ccn[nH]1)N1CC=CC1. The van der Waals surface area contributed by atoms with Gasteiger partial charge in [-0.25, -0.2) is 8.42 Å². The molecule has 0 amide bonds.